The fraction of sp³-hybridized carbons (Fsp3) is 0.462. The lowest BCUT2D eigenvalue weighted by Gasteiger charge is -2.07. The van der Waals surface area contributed by atoms with Gasteiger partial charge in [-0.3, -0.25) is 8.98 Å². The highest BCUT2D eigenvalue weighted by Crippen LogP contribution is 2.18. The van der Waals surface area contributed by atoms with Gasteiger partial charge < -0.3 is 10.1 Å². The van der Waals surface area contributed by atoms with Crippen molar-refractivity contribution in [1.82, 2.24) is 5.32 Å². The van der Waals surface area contributed by atoms with Gasteiger partial charge in [0.05, 0.1) is 11.5 Å². The topological polar surface area (TPSA) is 81.7 Å². The molecule has 1 N–H and O–H groups in total. The zero-order chi connectivity index (χ0) is 15.0. The van der Waals surface area contributed by atoms with Crippen LogP contribution in [0.2, 0.25) is 0 Å². The Hall–Kier alpha value is -1.60. The van der Waals surface area contributed by atoms with Crippen molar-refractivity contribution in [2.75, 3.05) is 20.3 Å². The van der Waals surface area contributed by atoms with Gasteiger partial charge in [0, 0.05) is 7.05 Å². The van der Waals surface area contributed by atoms with E-state index in [1.165, 1.54) is 19.2 Å². The van der Waals surface area contributed by atoms with Gasteiger partial charge in [-0.15, -0.1) is 0 Å². The first kappa shape index (κ1) is 16.5. The molecule has 0 fully saturated rings. The van der Waals surface area contributed by atoms with Gasteiger partial charge in [-0.25, -0.2) is 0 Å². The molecular weight excluding hydrogens is 282 g/mol. The van der Waals surface area contributed by atoms with Gasteiger partial charge in [-0.1, -0.05) is 13.3 Å². The van der Waals surface area contributed by atoms with Gasteiger partial charge in [0.15, 0.2) is 0 Å². The Morgan fingerprint density at radius 3 is 2.45 bits per heavy atom. The third kappa shape index (κ3) is 5.18. The number of amides is 1. The normalized spacial score (nSPS) is 11.1. The summed E-state index contributed by atoms with van der Waals surface area (Å²) in [5.74, 6) is 0.0943. The minimum Gasteiger partial charge on any atom is -0.494 e. The third-order valence-electron chi connectivity index (χ3n) is 2.50. The second kappa shape index (κ2) is 7.86. The number of carbonyl (C=O) groups is 1. The molecule has 6 nitrogen and oxygen atoms in total. The first-order valence-corrected chi connectivity index (χ1v) is 7.73. The lowest BCUT2D eigenvalue weighted by molar-refractivity contribution is -0.122. The van der Waals surface area contributed by atoms with Crippen LogP contribution in [0.3, 0.4) is 0 Å². The monoisotopic (exact) mass is 301 g/mol. The van der Waals surface area contributed by atoms with Crippen LogP contribution in [0, 0.1) is 0 Å². The SMILES string of the molecule is CCCCOc1ccc(S(=O)(=O)OCC(=O)NC)cc1. The van der Waals surface area contributed by atoms with Crippen molar-refractivity contribution in [3.63, 3.8) is 0 Å². The molecule has 0 saturated carbocycles. The van der Waals surface area contributed by atoms with Crippen LogP contribution in [0.4, 0.5) is 0 Å². The summed E-state index contributed by atoms with van der Waals surface area (Å²) in [6, 6.07) is 5.90. The van der Waals surface area contributed by atoms with Crippen molar-refractivity contribution >= 4 is 16.0 Å². The van der Waals surface area contributed by atoms with Crippen molar-refractivity contribution in [3.8, 4) is 5.75 Å². The summed E-state index contributed by atoms with van der Waals surface area (Å²) in [5, 5.41) is 2.28. The van der Waals surface area contributed by atoms with E-state index in [1.807, 2.05) is 0 Å². The zero-order valence-electron chi connectivity index (χ0n) is 11.6. The Morgan fingerprint density at radius 1 is 1.25 bits per heavy atom. The molecule has 0 atom stereocenters. The number of ether oxygens (including phenoxy) is 1. The summed E-state index contributed by atoms with van der Waals surface area (Å²) < 4.78 is 33.6. The molecule has 1 aromatic carbocycles. The fourth-order valence-electron chi connectivity index (χ4n) is 1.31. The number of likely N-dealkylation sites (N-methyl/N-ethyl adjacent to an activating group) is 1. The highest BCUT2D eigenvalue weighted by Gasteiger charge is 2.16. The number of rotatable bonds is 8. The van der Waals surface area contributed by atoms with Crippen LogP contribution in [-0.2, 0) is 19.1 Å². The predicted octanol–water partition coefficient (Wildman–Crippen LogP) is 1.32. The molecule has 1 amide bonds. The van der Waals surface area contributed by atoms with Crippen LogP contribution in [0.15, 0.2) is 29.2 Å². The van der Waals surface area contributed by atoms with E-state index < -0.39 is 22.6 Å². The summed E-state index contributed by atoms with van der Waals surface area (Å²) in [5.41, 5.74) is 0. The van der Waals surface area contributed by atoms with Gasteiger partial charge in [0.25, 0.3) is 10.1 Å². The lowest BCUT2D eigenvalue weighted by Crippen LogP contribution is -2.25. The van der Waals surface area contributed by atoms with Crippen LogP contribution in [-0.4, -0.2) is 34.6 Å². The average Bonchev–Trinajstić information content (AvgIpc) is 2.45. The van der Waals surface area contributed by atoms with E-state index in [0.29, 0.717) is 12.4 Å². The maximum absolute atomic E-state index is 11.8. The minimum absolute atomic E-state index is 0.00996. The Balaban J connectivity index is 2.64. The Morgan fingerprint density at radius 2 is 1.90 bits per heavy atom. The van der Waals surface area contributed by atoms with E-state index in [9.17, 15) is 13.2 Å². The van der Waals surface area contributed by atoms with E-state index in [2.05, 4.69) is 16.4 Å². The standard InChI is InChI=1S/C13H19NO5S/c1-3-4-9-18-11-5-7-12(8-6-11)20(16,17)19-10-13(15)14-2/h5-8H,3-4,9-10H2,1-2H3,(H,14,15). The summed E-state index contributed by atoms with van der Waals surface area (Å²) in [6.45, 7) is 2.12. The molecule has 0 unspecified atom stereocenters. The molecule has 0 aromatic heterocycles. The Labute approximate surface area is 119 Å². The van der Waals surface area contributed by atoms with Crippen molar-refractivity contribution in [1.29, 1.82) is 0 Å². The maximum atomic E-state index is 11.8. The van der Waals surface area contributed by atoms with Gasteiger partial charge in [-0.2, -0.15) is 8.42 Å². The first-order valence-electron chi connectivity index (χ1n) is 6.32. The predicted molar refractivity (Wildman–Crippen MR) is 74.0 cm³/mol. The van der Waals surface area contributed by atoms with Gasteiger partial charge >= 0.3 is 0 Å². The van der Waals surface area contributed by atoms with Crippen molar-refractivity contribution in [3.05, 3.63) is 24.3 Å². The first-order chi connectivity index (χ1) is 9.49. The molecular formula is C13H19NO5S. The van der Waals surface area contributed by atoms with Crippen LogP contribution in [0.5, 0.6) is 5.75 Å². The second-order valence-electron chi connectivity index (χ2n) is 4.06. The van der Waals surface area contributed by atoms with Crippen LogP contribution in [0.25, 0.3) is 0 Å². The molecule has 1 aromatic rings. The lowest BCUT2D eigenvalue weighted by atomic mass is 10.3. The summed E-state index contributed by atoms with van der Waals surface area (Å²) >= 11 is 0. The van der Waals surface area contributed by atoms with E-state index in [4.69, 9.17) is 4.74 Å². The van der Waals surface area contributed by atoms with E-state index in [-0.39, 0.29) is 4.90 Å². The van der Waals surface area contributed by atoms with Gasteiger partial charge in [-0.05, 0) is 30.7 Å². The number of hydrogen-bond donors (Lipinski definition) is 1. The molecule has 0 bridgehead atoms. The molecule has 0 aliphatic heterocycles. The molecule has 0 saturated heterocycles. The quantitative estimate of drug-likeness (QED) is 0.578. The van der Waals surface area contributed by atoms with E-state index in [0.717, 1.165) is 12.8 Å². The highest BCUT2D eigenvalue weighted by molar-refractivity contribution is 7.86. The minimum atomic E-state index is -3.92. The van der Waals surface area contributed by atoms with E-state index >= 15 is 0 Å². The molecule has 7 heteroatoms. The number of benzene rings is 1. The maximum Gasteiger partial charge on any atom is 0.297 e. The largest absolute Gasteiger partial charge is 0.494 e. The van der Waals surface area contributed by atoms with Gasteiger partial charge in [0.1, 0.15) is 12.4 Å². The van der Waals surface area contributed by atoms with E-state index in [1.54, 1.807) is 12.1 Å². The molecule has 0 aliphatic carbocycles. The Kier molecular flexibility index (Phi) is 6.47. The van der Waals surface area contributed by atoms with Gasteiger partial charge in [0.2, 0.25) is 5.91 Å². The Bertz CT molecular complexity index is 524. The fourth-order valence-corrected chi connectivity index (χ4v) is 2.18. The smallest absolute Gasteiger partial charge is 0.297 e. The summed E-state index contributed by atoms with van der Waals surface area (Å²) in [7, 11) is -2.52. The molecule has 0 spiro atoms. The van der Waals surface area contributed by atoms with Crippen molar-refractivity contribution < 1.29 is 22.1 Å². The molecule has 0 aliphatic rings. The van der Waals surface area contributed by atoms with Crippen molar-refractivity contribution in [2.45, 2.75) is 24.7 Å². The van der Waals surface area contributed by atoms with Crippen molar-refractivity contribution in [2.24, 2.45) is 0 Å². The van der Waals surface area contributed by atoms with Crippen LogP contribution in [0.1, 0.15) is 19.8 Å². The number of unbranched alkanes of at least 4 members (excludes halogenated alkanes) is 1. The summed E-state index contributed by atoms with van der Waals surface area (Å²) in [4.78, 5) is 11.0. The van der Waals surface area contributed by atoms with Crippen LogP contribution >= 0.6 is 0 Å². The molecule has 112 valence electrons. The number of nitrogens with one attached hydrogen (secondary N) is 1. The number of hydrogen-bond acceptors (Lipinski definition) is 5. The average molecular weight is 301 g/mol. The molecule has 0 radical (unpaired) electrons. The second-order valence-corrected chi connectivity index (χ2v) is 5.68. The number of carbonyl (C=O) groups excluding carboxylic acids is 1. The van der Waals surface area contributed by atoms with Crippen LogP contribution < -0.4 is 10.1 Å². The molecule has 1 rings (SSSR count). The summed E-state index contributed by atoms with van der Waals surface area (Å²) in [6.07, 6.45) is 1.97. The highest BCUT2D eigenvalue weighted by atomic mass is 32.2. The third-order valence-corrected chi connectivity index (χ3v) is 3.78. The zero-order valence-corrected chi connectivity index (χ0v) is 12.4. The molecule has 0 heterocycles. The molecule has 20 heavy (non-hydrogen) atoms.